The number of ether oxygens (including phenoxy) is 1. The summed E-state index contributed by atoms with van der Waals surface area (Å²) in [6.45, 7) is 3.49. The summed E-state index contributed by atoms with van der Waals surface area (Å²) in [6, 6.07) is 14.2. The van der Waals surface area contributed by atoms with E-state index in [-0.39, 0.29) is 5.75 Å². The van der Waals surface area contributed by atoms with E-state index in [1.807, 2.05) is 0 Å². The van der Waals surface area contributed by atoms with Crippen LogP contribution in [-0.4, -0.2) is 27.2 Å². The van der Waals surface area contributed by atoms with Crippen LogP contribution in [0.25, 0.3) is 0 Å². The number of aromatic hydroxyl groups is 1. The molecular weight excluding hydrogens is 422 g/mol. The van der Waals surface area contributed by atoms with E-state index in [0.29, 0.717) is 44.5 Å². The molecule has 1 atom stereocenters. The van der Waals surface area contributed by atoms with E-state index in [1.165, 1.54) is 12.1 Å². The number of aliphatic hydroxyl groups is 1. The number of phenols is 1. The third-order valence-corrected chi connectivity index (χ3v) is 4.85. The van der Waals surface area contributed by atoms with Crippen LogP contribution in [0.1, 0.15) is 28.4 Å². The number of phenolic OH excluding ortho intramolecular Hbond substituents is 1. The third-order valence-electron chi connectivity index (χ3n) is 4.60. The summed E-state index contributed by atoms with van der Waals surface area (Å²) in [4.78, 5) is 22.2. The fourth-order valence-corrected chi connectivity index (χ4v) is 3.27. The number of aryl methyl sites for hydroxylation is 2. The van der Waals surface area contributed by atoms with E-state index in [2.05, 4.69) is 5.32 Å². The highest BCUT2D eigenvalue weighted by Crippen LogP contribution is 2.38. The molecule has 0 saturated heterocycles. The molecule has 0 aliphatic carbocycles. The molecule has 0 aromatic heterocycles. The number of rotatable bonds is 5. The molecule has 3 aromatic rings. The van der Waals surface area contributed by atoms with Gasteiger partial charge in [0.15, 0.2) is 0 Å². The summed E-state index contributed by atoms with van der Waals surface area (Å²) in [5.74, 6) is -1.95. The van der Waals surface area contributed by atoms with Gasteiger partial charge in [-0.25, -0.2) is 4.79 Å². The van der Waals surface area contributed by atoms with Crippen LogP contribution in [0.2, 0.25) is 5.02 Å². The minimum atomic E-state index is -1.58. The topological polar surface area (TPSA) is 116 Å². The molecule has 0 aliphatic heterocycles. The SMILES string of the molecule is Cc1cc(NC(=O)C(=O)O)cc(C)c1Oc1ccc(O)cc1C(O)c1ccc(Cl)cc1. The first-order valence-corrected chi connectivity index (χ1v) is 9.63. The van der Waals surface area contributed by atoms with Crippen LogP contribution >= 0.6 is 11.6 Å². The number of benzene rings is 3. The lowest BCUT2D eigenvalue weighted by molar-refractivity contribution is -0.147. The van der Waals surface area contributed by atoms with Gasteiger partial charge in [-0.2, -0.15) is 0 Å². The molecule has 1 unspecified atom stereocenters. The monoisotopic (exact) mass is 441 g/mol. The van der Waals surface area contributed by atoms with Gasteiger partial charge in [-0.3, -0.25) is 4.79 Å². The Bertz CT molecular complexity index is 1120. The van der Waals surface area contributed by atoms with Gasteiger partial charge < -0.3 is 25.4 Å². The van der Waals surface area contributed by atoms with Crippen LogP contribution in [0.4, 0.5) is 5.69 Å². The van der Waals surface area contributed by atoms with Crippen molar-refractivity contribution in [1.29, 1.82) is 0 Å². The van der Waals surface area contributed by atoms with Gasteiger partial charge in [-0.1, -0.05) is 23.7 Å². The van der Waals surface area contributed by atoms with Crippen molar-refractivity contribution in [3.05, 3.63) is 81.9 Å². The Kier molecular flexibility index (Phi) is 6.48. The van der Waals surface area contributed by atoms with Crippen molar-refractivity contribution >= 4 is 29.2 Å². The molecule has 3 rings (SSSR count). The summed E-state index contributed by atoms with van der Waals surface area (Å²) in [6.07, 6.45) is -1.07. The predicted molar refractivity (Wildman–Crippen MR) is 116 cm³/mol. The molecule has 0 fully saturated rings. The van der Waals surface area contributed by atoms with Crippen LogP contribution < -0.4 is 10.1 Å². The fourth-order valence-electron chi connectivity index (χ4n) is 3.15. The number of amides is 1. The average molecular weight is 442 g/mol. The van der Waals surface area contributed by atoms with Crippen molar-refractivity contribution < 1.29 is 29.6 Å². The Hall–Kier alpha value is -3.55. The largest absolute Gasteiger partial charge is 0.508 e. The summed E-state index contributed by atoms with van der Waals surface area (Å²) >= 11 is 5.92. The number of halogens is 1. The van der Waals surface area contributed by atoms with Gasteiger partial charge in [-0.15, -0.1) is 0 Å². The highest BCUT2D eigenvalue weighted by molar-refractivity contribution is 6.36. The molecule has 7 nitrogen and oxygen atoms in total. The smallest absolute Gasteiger partial charge is 0.394 e. The number of aliphatic hydroxyl groups excluding tert-OH is 1. The van der Waals surface area contributed by atoms with Crippen molar-refractivity contribution in [3.8, 4) is 17.2 Å². The Balaban J connectivity index is 1.95. The molecule has 0 bridgehead atoms. The molecule has 31 heavy (non-hydrogen) atoms. The Morgan fingerprint density at radius 1 is 1.00 bits per heavy atom. The number of aliphatic carboxylic acids is 1. The van der Waals surface area contributed by atoms with Crippen LogP contribution in [0.15, 0.2) is 54.6 Å². The Labute approximate surface area is 183 Å². The molecule has 0 spiro atoms. The molecule has 0 radical (unpaired) electrons. The minimum absolute atomic E-state index is 0.0319. The number of carbonyl (C=O) groups excluding carboxylic acids is 1. The van der Waals surface area contributed by atoms with Gasteiger partial charge in [0.2, 0.25) is 0 Å². The van der Waals surface area contributed by atoms with Gasteiger partial charge in [-0.05, 0) is 73.0 Å². The lowest BCUT2D eigenvalue weighted by Gasteiger charge is -2.19. The number of nitrogens with one attached hydrogen (secondary N) is 1. The van der Waals surface area contributed by atoms with Crippen LogP contribution in [-0.2, 0) is 9.59 Å². The lowest BCUT2D eigenvalue weighted by atomic mass is 10.00. The second kappa shape index (κ2) is 9.07. The Morgan fingerprint density at radius 2 is 1.61 bits per heavy atom. The van der Waals surface area contributed by atoms with Gasteiger partial charge in [0.25, 0.3) is 0 Å². The Morgan fingerprint density at radius 3 is 2.19 bits per heavy atom. The van der Waals surface area contributed by atoms with E-state index < -0.39 is 18.0 Å². The molecule has 0 saturated carbocycles. The second-order valence-electron chi connectivity index (χ2n) is 6.98. The first-order valence-electron chi connectivity index (χ1n) is 9.25. The van der Waals surface area contributed by atoms with E-state index >= 15 is 0 Å². The number of carboxylic acids is 1. The van der Waals surface area contributed by atoms with Gasteiger partial charge >= 0.3 is 11.9 Å². The predicted octanol–water partition coefficient (Wildman–Crippen LogP) is 4.56. The highest BCUT2D eigenvalue weighted by atomic mass is 35.5. The zero-order valence-electron chi connectivity index (χ0n) is 16.7. The maximum absolute atomic E-state index is 11.4. The number of hydrogen-bond acceptors (Lipinski definition) is 5. The van der Waals surface area contributed by atoms with Gasteiger partial charge in [0, 0.05) is 16.3 Å². The molecule has 3 aromatic carbocycles. The first kappa shape index (κ1) is 22.1. The quantitative estimate of drug-likeness (QED) is 0.431. The first-order chi connectivity index (χ1) is 14.7. The minimum Gasteiger partial charge on any atom is -0.508 e. The molecule has 160 valence electrons. The molecular formula is C23H20ClNO6. The van der Waals surface area contributed by atoms with Crippen LogP contribution in [0.5, 0.6) is 17.2 Å². The number of anilines is 1. The molecule has 8 heteroatoms. The standard InChI is InChI=1S/C23H20ClNO6/c1-12-9-16(25-22(28)23(29)30)10-13(2)21(12)31-19-8-7-17(26)11-18(19)20(27)14-3-5-15(24)6-4-14/h3-11,20,26-27H,1-2H3,(H,25,28)(H,29,30). The maximum Gasteiger partial charge on any atom is 0.394 e. The van der Waals surface area contributed by atoms with Crippen LogP contribution in [0.3, 0.4) is 0 Å². The van der Waals surface area contributed by atoms with Crippen molar-refractivity contribution in [2.24, 2.45) is 0 Å². The molecule has 4 N–H and O–H groups in total. The normalized spacial score (nSPS) is 11.6. The van der Waals surface area contributed by atoms with E-state index in [1.54, 1.807) is 56.3 Å². The molecule has 0 heterocycles. The average Bonchev–Trinajstić information content (AvgIpc) is 2.71. The van der Waals surface area contributed by atoms with Crippen molar-refractivity contribution in [1.82, 2.24) is 0 Å². The third kappa shape index (κ3) is 5.14. The summed E-state index contributed by atoms with van der Waals surface area (Å²) in [5.41, 5.74) is 2.52. The van der Waals surface area contributed by atoms with Crippen molar-refractivity contribution in [2.75, 3.05) is 5.32 Å². The van der Waals surface area contributed by atoms with Gasteiger partial charge in [0.05, 0.1) is 0 Å². The number of carboxylic acid groups (broad SMARTS) is 1. The summed E-state index contributed by atoms with van der Waals surface area (Å²) < 4.78 is 6.07. The highest BCUT2D eigenvalue weighted by Gasteiger charge is 2.19. The maximum atomic E-state index is 11.4. The van der Waals surface area contributed by atoms with Crippen molar-refractivity contribution in [3.63, 3.8) is 0 Å². The second-order valence-corrected chi connectivity index (χ2v) is 7.41. The zero-order chi connectivity index (χ0) is 22.7. The van der Waals surface area contributed by atoms with E-state index in [9.17, 15) is 19.8 Å². The lowest BCUT2D eigenvalue weighted by Crippen LogP contribution is -2.21. The number of hydrogen-bond donors (Lipinski definition) is 4. The van der Waals surface area contributed by atoms with Gasteiger partial charge in [0.1, 0.15) is 23.4 Å². The van der Waals surface area contributed by atoms with Crippen molar-refractivity contribution in [2.45, 2.75) is 20.0 Å². The molecule has 1 amide bonds. The summed E-state index contributed by atoms with van der Waals surface area (Å²) in [5, 5.41) is 32.4. The zero-order valence-corrected chi connectivity index (χ0v) is 17.5. The van der Waals surface area contributed by atoms with Crippen LogP contribution in [0, 0.1) is 13.8 Å². The van der Waals surface area contributed by atoms with E-state index in [0.717, 1.165) is 0 Å². The number of carbonyl (C=O) groups is 2. The van der Waals surface area contributed by atoms with E-state index in [4.69, 9.17) is 21.4 Å². The molecule has 0 aliphatic rings. The summed E-state index contributed by atoms with van der Waals surface area (Å²) in [7, 11) is 0. The fraction of sp³-hybridized carbons (Fsp3) is 0.130.